The molecule has 0 spiro atoms. The van der Waals surface area contributed by atoms with Crippen LogP contribution in [-0.4, -0.2) is 11.4 Å². The smallest absolute Gasteiger partial charge is 0.135 e. The van der Waals surface area contributed by atoms with E-state index in [0.717, 1.165) is 23.3 Å². The van der Waals surface area contributed by atoms with Crippen molar-refractivity contribution in [1.82, 2.24) is 0 Å². The van der Waals surface area contributed by atoms with Crippen molar-refractivity contribution in [3.8, 4) is 0 Å². The second-order valence-electron chi connectivity index (χ2n) is 6.14. The largest absolute Gasteiger partial charge is 0.281 e. The Morgan fingerprint density at radius 1 is 1.15 bits per heavy atom. The standard InChI is InChI=1S/C22H20F2N2/c1-3-4-14-25-15(2)16-8-10-17(11-9-16)20-12-13-21(26-20)22-18(23)6-5-7-19(22)24/h3-11,14,20H,1,12-13H2,2H3/b14-4-,25-15?. The van der Waals surface area contributed by atoms with E-state index >= 15 is 0 Å². The van der Waals surface area contributed by atoms with Gasteiger partial charge in [-0.05, 0) is 49.1 Å². The molecule has 1 atom stereocenters. The van der Waals surface area contributed by atoms with Gasteiger partial charge in [-0.3, -0.25) is 9.98 Å². The van der Waals surface area contributed by atoms with Gasteiger partial charge in [-0.1, -0.05) is 43.0 Å². The van der Waals surface area contributed by atoms with Gasteiger partial charge in [-0.15, -0.1) is 0 Å². The molecule has 0 bridgehead atoms. The van der Waals surface area contributed by atoms with E-state index in [2.05, 4.69) is 16.6 Å². The lowest BCUT2D eigenvalue weighted by Gasteiger charge is -2.08. The average molecular weight is 350 g/mol. The fraction of sp³-hybridized carbons (Fsp3) is 0.182. The van der Waals surface area contributed by atoms with Gasteiger partial charge in [-0.25, -0.2) is 8.78 Å². The number of hydrogen-bond acceptors (Lipinski definition) is 2. The molecular formula is C22H20F2N2. The van der Waals surface area contributed by atoms with Crippen LogP contribution in [0.1, 0.15) is 42.5 Å². The lowest BCUT2D eigenvalue weighted by molar-refractivity contribution is 0.578. The van der Waals surface area contributed by atoms with Crippen LogP contribution in [0.4, 0.5) is 8.78 Å². The van der Waals surface area contributed by atoms with Crippen LogP contribution < -0.4 is 0 Å². The number of hydrogen-bond donors (Lipinski definition) is 0. The van der Waals surface area contributed by atoms with E-state index in [1.807, 2.05) is 31.2 Å². The minimum absolute atomic E-state index is 0.00334. The molecule has 1 aliphatic rings. The maximum atomic E-state index is 14.0. The van der Waals surface area contributed by atoms with Crippen molar-refractivity contribution >= 4 is 11.4 Å². The maximum absolute atomic E-state index is 14.0. The summed E-state index contributed by atoms with van der Waals surface area (Å²) in [6.45, 7) is 5.55. The first kappa shape index (κ1) is 17.9. The lowest BCUT2D eigenvalue weighted by atomic mass is 10.0. The third-order valence-corrected chi connectivity index (χ3v) is 4.42. The zero-order valence-electron chi connectivity index (χ0n) is 14.6. The molecular weight excluding hydrogens is 330 g/mol. The monoisotopic (exact) mass is 350 g/mol. The molecule has 0 N–H and O–H groups in total. The highest BCUT2D eigenvalue weighted by Crippen LogP contribution is 2.32. The van der Waals surface area contributed by atoms with Crippen LogP contribution in [0.2, 0.25) is 0 Å². The molecule has 0 radical (unpaired) electrons. The van der Waals surface area contributed by atoms with Gasteiger partial charge in [0.15, 0.2) is 0 Å². The Labute approximate surface area is 152 Å². The first-order valence-electron chi connectivity index (χ1n) is 8.53. The van der Waals surface area contributed by atoms with Crippen LogP contribution in [0.3, 0.4) is 0 Å². The predicted octanol–water partition coefficient (Wildman–Crippen LogP) is 5.80. The third-order valence-electron chi connectivity index (χ3n) is 4.42. The van der Waals surface area contributed by atoms with E-state index in [1.54, 1.807) is 18.4 Å². The summed E-state index contributed by atoms with van der Waals surface area (Å²) >= 11 is 0. The van der Waals surface area contributed by atoms with Crippen LogP contribution >= 0.6 is 0 Å². The van der Waals surface area contributed by atoms with E-state index in [-0.39, 0.29) is 11.6 Å². The molecule has 1 heterocycles. The number of allylic oxidation sites excluding steroid dienone is 2. The summed E-state index contributed by atoms with van der Waals surface area (Å²) in [6, 6.07) is 11.8. The molecule has 0 aliphatic carbocycles. The highest BCUT2D eigenvalue weighted by Gasteiger charge is 2.24. The average Bonchev–Trinajstić information content (AvgIpc) is 3.11. The van der Waals surface area contributed by atoms with Gasteiger partial charge < -0.3 is 0 Å². The molecule has 132 valence electrons. The van der Waals surface area contributed by atoms with Crippen LogP contribution in [0.15, 0.2) is 77.4 Å². The molecule has 1 aliphatic heterocycles. The van der Waals surface area contributed by atoms with E-state index < -0.39 is 11.6 Å². The Bertz CT molecular complexity index is 873. The fourth-order valence-electron chi connectivity index (χ4n) is 3.03. The quantitative estimate of drug-likeness (QED) is 0.481. The van der Waals surface area contributed by atoms with Crippen molar-refractivity contribution in [2.45, 2.75) is 25.8 Å². The Balaban J connectivity index is 1.81. The molecule has 1 unspecified atom stereocenters. The normalized spacial score (nSPS) is 17.6. The molecule has 0 fully saturated rings. The van der Waals surface area contributed by atoms with Crippen molar-refractivity contribution in [2.24, 2.45) is 9.98 Å². The minimum atomic E-state index is -0.556. The Kier molecular flexibility index (Phi) is 5.52. The van der Waals surface area contributed by atoms with Crippen molar-refractivity contribution in [1.29, 1.82) is 0 Å². The van der Waals surface area contributed by atoms with E-state index in [9.17, 15) is 8.78 Å². The first-order chi connectivity index (χ1) is 12.6. The molecule has 0 saturated heterocycles. The van der Waals surface area contributed by atoms with Gasteiger partial charge in [0.05, 0.1) is 11.6 Å². The highest BCUT2D eigenvalue weighted by atomic mass is 19.1. The van der Waals surface area contributed by atoms with Gasteiger partial charge in [0, 0.05) is 17.6 Å². The van der Waals surface area contributed by atoms with Crippen LogP contribution in [0.25, 0.3) is 0 Å². The summed E-state index contributed by atoms with van der Waals surface area (Å²) in [5.74, 6) is -1.11. The zero-order valence-corrected chi connectivity index (χ0v) is 14.6. The van der Waals surface area contributed by atoms with Gasteiger partial charge in [0.1, 0.15) is 11.6 Å². The van der Waals surface area contributed by atoms with Gasteiger partial charge >= 0.3 is 0 Å². The number of halogens is 2. The Morgan fingerprint density at radius 3 is 2.50 bits per heavy atom. The minimum Gasteiger partial charge on any atom is -0.281 e. The fourth-order valence-corrected chi connectivity index (χ4v) is 3.03. The lowest BCUT2D eigenvalue weighted by Crippen LogP contribution is -2.03. The van der Waals surface area contributed by atoms with Gasteiger partial charge in [0.25, 0.3) is 0 Å². The highest BCUT2D eigenvalue weighted by molar-refractivity contribution is 6.02. The van der Waals surface area contributed by atoms with Crippen molar-refractivity contribution < 1.29 is 8.78 Å². The Morgan fingerprint density at radius 2 is 1.85 bits per heavy atom. The molecule has 0 amide bonds. The van der Waals surface area contributed by atoms with Gasteiger partial charge in [-0.2, -0.15) is 0 Å². The molecule has 2 nitrogen and oxygen atoms in total. The summed E-state index contributed by atoms with van der Waals surface area (Å²) < 4.78 is 27.9. The third kappa shape index (κ3) is 3.85. The molecule has 2 aromatic carbocycles. The van der Waals surface area contributed by atoms with Crippen molar-refractivity contribution in [2.75, 3.05) is 0 Å². The topological polar surface area (TPSA) is 24.7 Å². The number of benzene rings is 2. The summed E-state index contributed by atoms with van der Waals surface area (Å²) in [5, 5.41) is 0. The number of rotatable bonds is 5. The van der Waals surface area contributed by atoms with Crippen molar-refractivity contribution in [3.05, 3.63) is 95.7 Å². The molecule has 2 aromatic rings. The first-order valence-corrected chi connectivity index (χ1v) is 8.53. The van der Waals surface area contributed by atoms with E-state index in [1.165, 1.54) is 18.2 Å². The molecule has 3 rings (SSSR count). The predicted molar refractivity (Wildman–Crippen MR) is 103 cm³/mol. The van der Waals surface area contributed by atoms with Gasteiger partial charge in [0.2, 0.25) is 0 Å². The SMILES string of the molecule is C=C/C=C\N=C(C)c1ccc(C2CCC(c3c(F)cccc3F)=N2)cc1. The van der Waals surface area contributed by atoms with Crippen LogP contribution in [-0.2, 0) is 0 Å². The summed E-state index contributed by atoms with van der Waals surface area (Å²) in [6.07, 6.45) is 6.46. The van der Waals surface area contributed by atoms with E-state index in [0.29, 0.717) is 12.1 Å². The Hall–Kier alpha value is -2.88. The number of nitrogens with zero attached hydrogens (tertiary/aromatic N) is 2. The number of aliphatic imine (C=N–C) groups is 2. The second kappa shape index (κ2) is 8.00. The van der Waals surface area contributed by atoms with Crippen LogP contribution in [0, 0.1) is 11.6 Å². The summed E-state index contributed by atoms with van der Waals surface area (Å²) in [5.41, 5.74) is 3.46. The molecule has 0 aromatic heterocycles. The molecule has 26 heavy (non-hydrogen) atoms. The molecule has 4 heteroatoms. The second-order valence-corrected chi connectivity index (χ2v) is 6.14. The van der Waals surface area contributed by atoms with Crippen molar-refractivity contribution in [3.63, 3.8) is 0 Å². The molecule has 0 saturated carbocycles. The zero-order chi connectivity index (χ0) is 18.5. The summed E-state index contributed by atoms with van der Waals surface area (Å²) in [7, 11) is 0. The summed E-state index contributed by atoms with van der Waals surface area (Å²) in [4.78, 5) is 8.91. The van der Waals surface area contributed by atoms with Crippen LogP contribution in [0.5, 0.6) is 0 Å². The van der Waals surface area contributed by atoms with E-state index in [4.69, 9.17) is 0 Å². The maximum Gasteiger partial charge on any atom is 0.135 e.